The smallest absolute Gasteiger partial charge is 0.274 e. The van der Waals surface area contributed by atoms with Crippen LogP contribution in [0.4, 0.5) is 11.4 Å². The van der Waals surface area contributed by atoms with E-state index in [4.69, 9.17) is 0 Å². The van der Waals surface area contributed by atoms with E-state index in [9.17, 15) is 14.9 Å². The minimum absolute atomic E-state index is 0.0739. The summed E-state index contributed by atoms with van der Waals surface area (Å²) in [6.07, 6.45) is 2.03. The Labute approximate surface area is 121 Å². The normalized spacial score (nSPS) is 13.1. The second-order valence-electron chi connectivity index (χ2n) is 4.93. The lowest BCUT2D eigenvalue weighted by atomic mass is 10.1. The predicted molar refractivity (Wildman–Crippen MR) is 77.5 cm³/mol. The zero-order valence-corrected chi connectivity index (χ0v) is 11.4. The molecule has 0 aliphatic carbocycles. The number of nitro benzene ring substituents is 1. The van der Waals surface area contributed by atoms with Crippen LogP contribution in [0.5, 0.6) is 0 Å². The Kier molecular flexibility index (Phi) is 3.13. The molecule has 0 saturated carbocycles. The van der Waals surface area contributed by atoms with Crippen LogP contribution >= 0.6 is 0 Å². The summed E-state index contributed by atoms with van der Waals surface area (Å²) in [5.74, 6) is -0.179. The fourth-order valence-electron chi connectivity index (χ4n) is 2.55. The molecule has 6 nitrogen and oxygen atoms in total. The molecule has 6 heteroatoms. The van der Waals surface area contributed by atoms with Crippen LogP contribution < -0.4 is 4.90 Å². The van der Waals surface area contributed by atoms with Gasteiger partial charge < -0.3 is 4.90 Å². The third-order valence-corrected chi connectivity index (χ3v) is 3.60. The van der Waals surface area contributed by atoms with Crippen LogP contribution in [0.2, 0.25) is 0 Å². The SMILES string of the molecule is Cc1ccc(C(=O)N2CCc3c2cccc3[N+](=O)[O-])cn1. The average molecular weight is 283 g/mol. The van der Waals surface area contributed by atoms with Gasteiger partial charge in [0.1, 0.15) is 0 Å². The largest absolute Gasteiger partial charge is 0.307 e. The van der Waals surface area contributed by atoms with E-state index in [-0.39, 0.29) is 11.6 Å². The molecule has 1 amide bonds. The first-order valence-electron chi connectivity index (χ1n) is 6.59. The zero-order valence-electron chi connectivity index (χ0n) is 11.4. The van der Waals surface area contributed by atoms with Crippen molar-refractivity contribution in [2.75, 3.05) is 11.4 Å². The number of carbonyl (C=O) groups is 1. The predicted octanol–water partition coefficient (Wildman–Crippen LogP) is 2.50. The van der Waals surface area contributed by atoms with Crippen LogP contribution in [-0.4, -0.2) is 22.4 Å². The number of aromatic nitrogens is 1. The van der Waals surface area contributed by atoms with Crippen LogP contribution in [0.15, 0.2) is 36.5 Å². The second-order valence-corrected chi connectivity index (χ2v) is 4.93. The van der Waals surface area contributed by atoms with Crippen molar-refractivity contribution in [2.24, 2.45) is 0 Å². The van der Waals surface area contributed by atoms with Gasteiger partial charge in [-0.05, 0) is 31.5 Å². The molecule has 0 spiro atoms. The maximum atomic E-state index is 12.5. The number of rotatable bonds is 2. The summed E-state index contributed by atoms with van der Waals surface area (Å²) in [7, 11) is 0. The number of anilines is 1. The van der Waals surface area contributed by atoms with Gasteiger partial charge in [-0.15, -0.1) is 0 Å². The molecule has 0 N–H and O–H groups in total. The van der Waals surface area contributed by atoms with Crippen molar-refractivity contribution in [2.45, 2.75) is 13.3 Å². The van der Waals surface area contributed by atoms with Gasteiger partial charge in [0.15, 0.2) is 0 Å². The van der Waals surface area contributed by atoms with Crippen molar-refractivity contribution >= 4 is 17.3 Å². The Morgan fingerprint density at radius 1 is 1.33 bits per heavy atom. The highest BCUT2D eigenvalue weighted by atomic mass is 16.6. The molecule has 106 valence electrons. The van der Waals surface area contributed by atoms with Gasteiger partial charge in [-0.25, -0.2) is 0 Å². The maximum absolute atomic E-state index is 12.5. The van der Waals surface area contributed by atoms with Crippen LogP contribution in [0.25, 0.3) is 0 Å². The number of amides is 1. The first-order chi connectivity index (χ1) is 10.1. The van der Waals surface area contributed by atoms with Gasteiger partial charge in [0.05, 0.1) is 21.7 Å². The monoisotopic (exact) mass is 283 g/mol. The molecule has 0 fully saturated rings. The highest BCUT2D eigenvalue weighted by Gasteiger charge is 2.30. The van der Waals surface area contributed by atoms with Gasteiger partial charge in [0.2, 0.25) is 0 Å². The molecule has 0 saturated heterocycles. The van der Waals surface area contributed by atoms with Crippen molar-refractivity contribution in [3.63, 3.8) is 0 Å². The minimum atomic E-state index is -0.403. The number of fused-ring (bicyclic) bond motifs is 1. The summed E-state index contributed by atoms with van der Waals surface area (Å²) in [5.41, 5.74) is 2.64. The first-order valence-corrected chi connectivity index (χ1v) is 6.59. The van der Waals surface area contributed by atoms with Crippen molar-refractivity contribution in [3.8, 4) is 0 Å². The Morgan fingerprint density at radius 3 is 2.81 bits per heavy atom. The van der Waals surface area contributed by atoms with Gasteiger partial charge >= 0.3 is 0 Å². The number of pyridine rings is 1. The quantitative estimate of drug-likeness (QED) is 0.626. The number of nitrogens with zero attached hydrogens (tertiary/aromatic N) is 3. The van der Waals surface area contributed by atoms with E-state index < -0.39 is 4.92 Å². The fourth-order valence-corrected chi connectivity index (χ4v) is 2.55. The molecule has 1 aromatic carbocycles. The lowest BCUT2D eigenvalue weighted by molar-refractivity contribution is -0.385. The molecule has 2 aromatic rings. The van der Waals surface area contributed by atoms with E-state index in [2.05, 4.69) is 4.98 Å². The highest BCUT2D eigenvalue weighted by molar-refractivity contribution is 6.07. The average Bonchev–Trinajstić information content (AvgIpc) is 2.90. The number of aryl methyl sites for hydroxylation is 1. The Hall–Kier alpha value is -2.76. The molecule has 0 unspecified atom stereocenters. The Balaban J connectivity index is 1.98. The minimum Gasteiger partial charge on any atom is -0.307 e. The van der Waals surface area contributed by atoms with E-state index in [1.165, 1.54) is 12.3 Å². The molecule has 0 atom stereocenters. The van der Waals surface area contributed by atoms with Crippen molar-refractivity contribution in [1.29, 1.82) is 0 Å². The van der Waals surface area contributed by atoms with E-state index in [0.717, 1.165) is 5.69 Å². The van der Waals surface area contributed by atoms with Gasteiger partial charge in [-0.1, -0.05) is 6.07 Å². The summed E-state index contributed by atoms with van der Waals surface area (Å²) in [6.45, 7) is 2.30. The number of hydrogen-bond acceptors (Lipinski definition) is 4. The van der Waals surface area contributed by atoms with Gasteiger partial charge in [0, 0.05) is 24.5 Å². The van der Waals surface area contributed by atoms with Crippen LogP contribution in [0, 0.1) is 17.0 Å². The summed E-state index contributed by atoms with van der Waals surface area (Å²) < 4.78 is 0. The van der Waals surface area contributed by atoms with E-state index in [1.807, 2.05) is 6.92 Å². The third-order valence-electron chi connectivity index (χ3n) is 3.60. The first kappa shape index (κ1) is 13.2. The van der Waals surface area contributed by atoms with Crippen molar-refractivity contribution in [1.82, 2.24) is 4.98 Å². The van der Waals surface area contributed by atoms with Crippen molar-refractivity contribution < 1.29 is 9.72 Å². The summed E-state index contributed by atoms with van der Waals surface area (Å²) in [6, 6.07) is 8.32. The number of carbonyl (C=O) groups excluding carboxylic acids is 1. The van der Waals surface area contributed by atoms with Crippen molar-refractivity contribution in [3.05, 3.63) is 63.5 Å². The summed E-state index contributed by atoms with van der Waals surface area (Å²) in [4.78, 5) is 28.8. The van der Waals surface area contributed by atoms with Crippen LogP contribution in [0.1, 0.15) is 21.6 Å². The molecular weight excluding hydrogens is 270 g/mol. The molecule has 1 aromatic heterocycles. The number of benzene rings is 1. The molecule has 1 aliphatic heterocycles. The molecule has 2 heterocycles. The maximum Gasteiger partial charge on any atom is 0.274 e. The lowest BCUT2D eigenvalue weighted by Crippen LogP contribution is -2.28. The van der Waals surface area contributed by atoms with E-state index in [0.29, 0.717) is 29.8 Å². The van der Waals surface area contributed by atoms with Crippen LogP contribution in [-0.2, 0) is 6.42 Å². The van der Waals surface area contributed by atoms with Crippen LogP contribution in [0.3, 0.4) is 0 Å². The number of nitro groups is 1. The van der Waals surface area contributed by atoms with Gasteiger partial charge in [0.25, 0.3) is 11.6 Å². The third kappa shape index (κ3) is 2.24. The van der Waals surface area contributed by atoms with E-state index in [1.54, 1.807) is 29.2 Å². The fraction of sp³-hybridized carbons (Fsp3) is 0.200. The number of hydrogen-bond donors (Lipinski definition) is 0. The standard InChI is InChI=1S/C15H13N3O3/c1-10-5-6-11(9-16-10)15(19)17-8-7-12-13(17)3-2-4-14(12)18(20)21/h2-6,9H,7-8H2,1H3. The summed E-state index contributed by atoms with van der Waals surface area (Å²) >= 11 is 0. The molecule has 0 radical (unpaired) electrons. The Bertz CT molecular complexity index is 725. The topological polar surface area (TPSA) is 76.3 Å². The molecule has 21 heavy (non-hydrogen) atoms. The lowest BCUT2D eigenvalue weighted by Gasteiger charge is -2.17. The second kappa shape index (κ2) is 4.97. The summed E-state index contributed by atoms with van der Waals surface area (Å²) in [5, 5.41) is 11.0. The molecule has 3 rings (SSSR count). The van der Waals surface area contributed by atoms with E-state index >= 15 is 0 Å². The molecule has 1 aliphatic rings. The Morgan fingerprint density at radius 2 is 2.14 bits per heavy atom. The van der Waals surface area contributed by atoms with Gasteiger partial charge in [-0.3, -0.25) is 19.9 Å². The van der Waals surface area contributed by atoms with Gasteiger partial charge in [-0.2, -0.15) is 0 Å². The highest BCUT2D eigenvalue weighted by Crippen LogP contribution is 2.35. The molecule has 0 bridgehead atoms. The zero-order chi connectivity index (χ0) is 15.0. The molecular formula is C15H13N3O3.